The Morgan fingerprint density at radius 1 is 1.28 bits per heavy atom. The van der Waals surface area contributed by atoms with Gasteiger partial charge < -0.3 is 14.3 Å². The number of carboxylic acid groups (broad SMARTS) is 1. The lowest BCUT2D eigenvalue weighted by Gasteiger charge is -2.21. The molecule has 0 fully saturated rings. The average Bonchev–Trinajstić information content (AvgIpc) is 2.82. The van der Waals surface area contributed by atoms with Crippen LogP contribution in [-0.4, -0.2) is 16.7 Å². The van der Waals surface area contributed by atoms with Gasteiger partial charge in [0.05, 0.1) is 12.5 Å². The first-order valence-corrected chi connectivity index (χ1v) is 5.54. The van der Waals surface area contributed by atoms with E-state index >= 15 is 0 Å². The van der Waals surface area contributed by atoms with E-state index in [9.17, 15) is 4.79 Å². The van der Waals surface area contributed by atoms with Crippen LogP contribution in [-0.2, 0) is 4.79 Å². The first kappa shape index (κ1) is 12.2. The Balaban J connectivity index is 2.26. The average molecular weight is 246 g/mol. The third kappa shape index (κ3) is 2.53. The lowest BCUT2D eigenvalue weighted by molar-refractivity contribution is -0.152. The molecule has 18 heavy (non-hydrogen) atoms. The molecule has 0 aliphatic rings. The van der Waals surface area contributed by atoms with E-state index in [2.05, 4.69) is 0 Å². The zero-order valence-electron chi connectivity index (χ0n) is 10.2. The van der Waals surface area contributed by atoms with E-state index in [4.69, 9.17) is 14.3 Å². The third-order valence-corrected chi connectivity index (χ3v) is 2.58. The molecule has 1 N–H and O–H groups in total. The van der Waals surface area contributed by atoms with Crippen molar-refractivity contribution < 1.29 is 19.1 Å². The van der Waals surface area contributed by atoms with Gasteiger partial charge in [-0.25, -0.2) is 4.79 Å². The Hall–Kier alpha value is -2.23. The van der Waals surface area contributed by atoms with Gasteiger partial charge in [0.15, 0.2) is 5.60 Å². The molecule has 4 heteroatoms. The normalized spacial score (nSPS) is 11.2. The molecule has 1 heterocycles. The highest BCUT2D eigenvalue weighted by molar-refractivity contribution is 5.77. The molecule has 1 aromatic carbocycles. The summed E-state index contributed by atoms with van der Waals surface area (Å²) < 4.78 is 10.5. The molecule has 0 atom stereocenters. The van der Waals surface area contributed by atoms with Crippen LogP contribution in [0.2, 0.25) is 0 Å². The molecule has 0 amide bonds. The largest absolute Gasteiger partial charge is 0.478 e. The van der Waals surface area contributed by atoms with E-state index in [1.165, 1.54) is 13.8 Å². The lowest BCUT2D eigenvalue weighted by atomic mass is 10.1. The summed E-state index contributed by atoms with van der Waals surface area (Å²) in [5, 5.41) is 9.02. The van der Waals surface area contributed by atoms with E-state index < -0.39 is 11.6 Å². The fourth-order valence-corrected chi connectivity index (χ4v) is 1.51. The molecular formula is C14H14O4. The van der Waals surface area contributed by atoms with Gasteiger partial charge in [0.1, 0.15) is 5.75 Å². The number of benzene rings is 1. The fraction of sp³-hybridized carbons (Fsp3) is 0.214. The third-order valence-electron chi connectivity index (χ3n) is 2.58. The standard InChI is InChI=1S/C14H14O4/c1-14(2,13(15)16)18-12-5-3-4-10(8-12)11-6-7-17-9-11/h3-9H,1-2H3,(H,15,16). The maximum atomic E-state index is 11.0. The van der Waals surface area contributed by atoms with Crippen LogP contribution in [0.1, 0.15) is 13.8 Å². The second-order valence-corrected chi connectivity index (χ2v) is 4.46. The quantitative estimate of drug-likeness (QED) is 0.900. The number of hydrogen-bond donors (Lipinski definition) is 1. The summed E-state index contributed by atoms with van der Waals surface area (Å²) in [5.74, 6) is -0.489. The molecule has 0 aliphatic heterocycles. The van der Waals surface area contributed by atoms with Crippen molar-refractivity contribution in [3.8, 4) is 16.9 Å². The van der Waals surface area contributed by atoms with Crippen molar-refractivity contribution in [1.29, 1.82) is 0 Å². The summed E-state index contributed by atoms with van der Waals surface area (Å²) in [4.78, 5) is 11.0. The second-order valence-electron chi connectivity index (χ2n) is 4.46. The van der Waals surface area contributed by atoms with Crippen LogP contribution in [0, 0.1) is 0 Å². The van der Waals surface area contributed by atoms with Crippen molar-refractivity contribution in [3.05, 3.63) is 42.9 Å². The molecule has 0 saturated heterocycles. The Morgan fingerprint density at radius 2 is 2.06 bits per heavy atom. The maximum absolute atomic E-state index is 11.0. The number of hydrogen-bond acceptors (Lipinski definition) is 3. The molecule has 1 aromatic heterocycles. The highest BCUT2D eigenvalue weighted by atomic mass is 16.5. The molecule has 2 rings (SSSR count). The van der Waals surface area contributed by atoms with Crippen molar-refractivity contribution >= 4 is 5.97 Å². The fourth-order valence-electron chi connectivity index (χ4n) is 1.51. The summed E-state index contributed by atoms with van der Waals surface area (Å²) >= 11 is 0. The molecule has 0 spiro atoms. The summed E-state index contributed by atoms with van der Waals surface area (Å²) in [6.07, 6.45) is 3.21. The van der Waals surface area contributed by atoms with Crippen LogP contribution in [0.25, 0.3) is 11.1 Å². The smallest absolute Gasteiger partial charge is 0.347 e. The van der Waals surface area contributed by atoms with Gasteiger partial charge in [0.2, 0.25) is 0 Å². The zero-order valence-corrected chi connectivity index (χ0v) is 10.2. The van der Waals surface area contributed by atoms with E-state index in [0.29, 0.717) is 5.75 Å². The number of ether oxygens (including phenoxy) is 1. The summed E-state index contributed by atoms with van der Waals surface area (Å²) in [5.41, 5.74) is 0.589. The minimum atomic E-state index is -1.25. The summed E-state index contributed by atoms with van der Waals surface area (Å²) in [6.45, 7) is 3.03. The number of rotatable bonds is 4. The Bertz CT molecular complexity index is 541. The van der Waals surface area contributed by atoms with Gasteiger partial charge in [-0.2, -0.15) is 0 Å². The highest BCUT2D eigenvalue weighted by Gasteiger charge is 2.29. The number of furan rings is 1. The van der Waals surface area contributed by atoms with Crippen LogP contribution in [0.15, 0.2) is 47.3 Å². The molecule has 0 radical (unpaired) electrons. The Morgan fingerprint density at radius 3 is 2.67 bits per heavy atom. The minimum absolute atomic E-state index is 0.515. The van der Waals surface area contributed by atoms with Crippen molar-refractivity contribution in [3.63, 3.8) is 0 Å². The van der Waals surface area contributed by atoms with Gasteiger partial charge in [-0.15, -0.1) is 0 Å². The van der Waals surface area contributed by atoms with Gasteiger partial charge in [0.25, 0.3) is 0 Å². The molecule has 2 aromatic rings. The summed E-state index contributed by atoms with van der Waals surface area (Å²) in [6, 6.07) is 9.08. The molecule has 0 saturated carbocycles. The van der Waals surface area contributed by atoms with Gasteiger partial charge in [-0.1, -0.05) is 12.1 Å². The highest BCUT2D eigenvalue weighted by Crippen LogP contribution is 2.26. The molecule has 94 valence electrons. The van der Waals surface area contributed by atoms with Crippen LogP contribution in [0.4, 0.5) is 0 Å². The molecular weight excluding hydrogens is 232 g/mol. The number of carboxylic acids is 1. The molecule has 0 unspecified atom stereocenters. The monoisotopic (exact) mass is 246 g/mol. The van der Waals surface area contributed by atoms with Crippen molar-refractivity contribution in [2.45, 2.75) is 19.4 Å². The topological polar surface area (TPSA) is 59.7 Å². The first-order chi connectivity index (χ1) is 8.49. The lowest BCUT2D eigenvalue weighted by Crippen LogP contribution is -2.37. The second kappa shape index (κ2) is 4.56. The van der Waals surface area contributed by atoms with Gasteiger partial charge in [0, 0.05) is 5.56 Å². The van der Waals surface area contributed by atoms with E-state index in [-0.39, 0.29) is 0 Å². The van der Waals surface area contributed by atoms with Crippen molar-refractivity contribution in [2.75, 3.05) is 0 Å². The van der Waals surface area contributed by atoms with Crippen molar-refractivity contribution in [1.82, 2.24) is 0 Å². The van der Waals surface area contributed by atoms with Gasteiger partial charge >= 0.3 is 5.97 Å². The van der Waals surface area contributed by atoms with Crippen molar-refractivity contribution in [2.24, 2.45) is 0 Å². The van der Waals surface area contributed by atoms with Crippen LogP contribution in [0.3, 0.4) is 0 Å². The van der Waals surface area contributed by atoms with E-state index in [0.717, 1.165) is 11.1 Å². The number of carbonyl (C=O) groups is 1. The predicted octanol–water partition coefficient (Wildman–Crippen LogP) is 3.19. The molecule has 0 bridgehead atoms. The van der Waals surface area contributed by atoms with Gasteiger partial charge in [-0.05, 0) is 37.6 Å². The minimum Gasteiger partial charge on any atom is -0.478 e. The Labute approximate surface area is 105 Å². The van der Waals surface area contributed by atoms with E-state index in [1.54, 1.807) is 24.7 Å². The van der Waals surface area contributed by atoms with Crippen LogP contribution in [0.5, 0.6) is 5.75 Å². The number of aliphatic carboxylic acids is 1. The predicted molar refractivity (Wildman–Crippen MR) is 66.5 cm³/mol. The van der Waals surface area contributed by atoms with Gasteiger partial charge in [-0.3, -0.25) is 0 Å². The zero-order chi connectivity index (χ0) is 13.2. The maximum Gasteiger partial charge on any atom is 0.347 e. The molecule has 4 nitrogen and oxygen atoms in total. The van der Waals surface area contributed by atoms with Crippen LogP contribution >= 0.6 is 0 Å². The SMILES string of the molecule is CC(C)(Oc1cccc(-c2ccoc2)c1)C(=O)O. The first-order valence-electron chi connectivity index (χ1n) is 5.54. The van der Waals surface area contributed by atoms with E-state index in [1.807, 2.05) is 18.2 Å². The van der Waals surface area contributed by atoms with Crippen LogP contribution < -0.4 is 4.74 Å². The summed E-state index contributed by atoms with van der Waals surface area (Å²) in [7, 11) is 0. The Kier molecular flexibility index (Phi) is 3.10. The molecule has 0 aliphatic carbocycles.